The summed E-state index contributed by atoms with van der Waals surface area (Å²) >= 11 is 0. The molecule has 140 valence electrons. The maximum Gasteiger partial charge on any atom is 0.269 e. The zero-order chi connectivity index (χ0) is 18.7. The van der Waals surface area contributed by atoms with Crippen molar-refractivity contribution in [3.05, 3.63) is 36.0 Å². The lowest BCUT2D eigenvalue weighted by molar-refractivity contribution is 0.0572. The Morgan fingerprint density at radius 2 is 2.23 bits per heavy atom. The number of amides is 1. The second kappa shape index (κ2) is 7.41. The first-order valence-electron chi connectivity index (χ1n) is 8.91. The highest BCUT2D eigenvalue weighted by molar-refractivity contribution is 5.92. The van der Waals surface area contributed by atoms with Gasteiger partial charge in [0.15, 0.2) is 0 Å². The number of hydrogen-bond donors (Lipinski definition) is 2. The Labute approximate surface area is 153 Å². The lowest BCUT2D eigenvalue weighted by atomic mass is 10.0. The molecule has 0 aromatic carbocycles. The number of carbonyl (C=O) groups is 1. The Kier molecular flexibility index (Phi) is 5.22. The van der Waals surface area contributed by atoms with Crippen molar-refractivity contribution < 1.29 is 9.90 Å². The van der Waals surface area contributed by atoms with E-state index in [0.29, 0.717) is 31.1 Å². The number of nitrogens with zero attached hydrogens (tertiary/aromatic N) is 5. The lowest BCUT2D eigenvalue weighted by Gasteiger charge is -2.24. The zero-order valence-electron chi connectivity index (χ0n) is 15.5. The predicted molar refractivity (Wildman–Crippen MR) is 97.9 cm³/mol. The maximum atomic E-state index is 12.5. The highest BCUT2D eigenvalue weighted by Gasteiger charge is 2.37. The molecule has 1 fully saturated rings. The van der Waals surface area contributed by atoms with Crippen LogP contribution in [0.1, 0.15) is 36.5 Å². The minimum absolute atomic E-state index is 0.188. The van der Waals surface area contributed by atoms with E-state index in [4.69, 9.17) is 0 Å². The van der Waals surface area contributed by atoms with E-state index in [1.165, 1.54) is 0 Å². The van der Waals surface area contributed by atoms with Crippen LogP contribution in [0.3, 0.4) is 0 Å². The minimum Gasteiger partial charge on any atom is -0.386 e. The Hall–Kier alpha value is -2.48. The predicted octanol–water partition coefficient (Wildman–Crippen LogP) is 0.780. The van der Waals surface area contributed by atoms with Crippen molar-refractivity contribution in [3.8, 4) is 0 Å². The molecule has 0 aliphatic carbocycles. The van der Waals surface area contributed by atoms with Crippen molar-refractivity contribution in [2.24, 2.45) is 13.0 Å². The SMILES string of the molecule is CC(C)Cc1cc(C(=O)NCC2(O)CCN(c3cnccn3)C2)n(C)n1. The molecule has 0 saturated carbocycles. The van der Waals surface area contributed by atoms with E-state index in [-0.39, 0.29) is 12.5 Å². The second-order valence-electron chi connectivity index (χ2n) is 7.38. The first-order chi connectivity index (χ1) is 12.4. The molecule has 1 saturated heterocycles. The average molecular weight is 358 g/mol. The molecule has 1 aliphatic rings. The summed E-state index contributed by atoms with van der Waals surface area (Å²) in [5.41, 5.74) is 0.432. The highest BCUT2D eigenvalue weighted by atomic mass is 16.3. The van der Waals surface area contributed by atoms with Gasteiger partial charge in [-0.3, -0.25) is 14.5 Å². The number of carbonyl (C=O) groups excluding carboxylic acids is 1. The van der Waals surface area contributed by atoms with Gasteiger partial charge in [-0.1, -0.05) is 13.8 Å². The summed E-state index contributed by atoms with van der Waals surface area (Å²) in [7, 11) is 1.76. The van der Waals surface area contributed by atoms with Crippen molar-refractivity contribution in [2.45, 2.75) is 32.3 Å². The molecule has 1 aliphatic heterocycles. The van der Waals surface area contributed by atoms with Gasteiger partial charge in [0.1, 0.15) is 17.1 Å². The van der Waals surface area contributed by atoms with Gasteiger partial charge >= 0.3 is 0 Å². The zero-order valence-corrected chi connectivity index (χ0v) is 15.5. The molecule has 1 amide bonds. The van der Waals surface area contributed by atoms with Crippen molar-refractivity contribution >= 4 is 11.7 Å². The number of β-amino-alcohol motifs (C(OH)–C–C–N with tert-alkyl or cyclic N) is 1. The largest absolute Gasteiger partial charge is 0.386 e. The number of aryl methyl sites for hydroxylation is 1. The third kappa shape index (κ3) is 4.19. The highest BCUT2D eigenvalue weighted by Crippen LogP contribution is 2.24. The molecule has 8 heteroatoms. The topological polar surface area (TPSA) is 96.2 Å². The second-order valence-corrected chi connectivity index (χ2v) is 7.38. The summed E-state index contributed by atoms with van der Waals surface area (Å²) in [4.78, 5) is 22.8. The van der Waals surface area contributed by atoms with Gasteiger partial charge in [-0.05, 0) is 24.8 Å². The third-order valence-corrected chi connectivity index (χ3v) is 4.56. The third-order valence-electron chi connectivity index (χ3n) is 4.56. The fourth-order valence-corrected chi connectivity index (χ4v) is 3.24. The number of hydrogen-bond acceptors (Lipinski definition) is 6. The summed E-state index contributed by atoms with van der Waals surface area (Å²) in [6.07, 6.45) is 6.32. The average Bonchev–Trinajstić information content (AvgIpc) is 3.17. The van der Waals surface area contributed by atoms with E-state index >= 15 is 0 Å². The number of aliphatic hydroxyl groups is 1. The molecular weight excluding hydrogens is 332 g/mol. The fourth-order valence-electron chi connectivity index (χ4n) is 3.24. The van der Waals surface area contributed by atoms with Gasteiger partial charge in [0, 0.05) is 39.1 Å². The summed E-state index contributed by atoms with van der Waals surface area (Å²) in [6.45, 7) is 5.51. The lowest BCUT2D eigenvalue weighted by Crippen LogP contribution is -2.45. The maximum absolute atomic E-state index is 12.5. The molecular formula is C18H26N6O2. The van der Waals surface area contributed by atoms with Crippen LogP contribution in [0.4, 0.5) is 5.82 Å². The van der Waals surface area contributed by atoms with Crippen molar-refractivity contribution in [1.82, 2.24) is 25.1 Å². The van der Waals surface area contributed by atoms with Crippen LogP contribution in [-0.2, 0) is 13.5 Å². The van der Waals surface area contributed by atoms with Crippen molar-refractivity contribution in [1.29, 1.82) is 0 Å². The minimum atomic E-state index is -0.980. The normalized spacial score (nSPS) is 20.0. The van der Waals surface area contributed by atoms with Crippen LogP contribution in [0.15, 0.2) is 24.7 Å². The van der Waals surface area contributed by atoms with Gasteiger partial charge in [0.2, 0.25) is 0 Å². The molecule has 0 radical (unpaired) electrons. The first kappa shape index (κ1) is 18.3. The Balaban J connectivity index is 1.58. The van der Waals surface area contributed by atoms with Gasteiger partial charge in [-0.15, -0.1) is 0 Å². The van der Waals surface area contributed by atoms with E-state index in [1.807, 2.05) is 11.0 Å². The van der Waals surface area contributed by atoms with Crippen LogP contribution < -0.4 is 10.2 Å². The summed E-state index contributed by atoms with van der Waals surface area (Å²) in [6, 6.07) is 1.82. The summed E-state index contributed by atoms with van der Waals surface area (Å²) < 4.78 is 1.59. The van der Waals surface area contributed by atoms with E-state index < -0.39 is 5.60 Å². The molecule has 26 heavy (non-hydrogen) atoms. The number of anilines is 1. The van der Waals surface area contributed by atoms with E-state index in [2.05, 4.69) is 34.2 Å². The Bertz CT molecular complexity index is 760. The molecule has 3 heterocycles. The van der Waals surface area contributed by atoms with E-state index in [1.54, 1.807) is 30.3 Å². The number of nitrogens with one attached hydrogen (secondary N) is 1. The molecule has 2 aromatic rings. The van der Waals surface area contributed by atoms with Crippen LogP contribution in [0.25, 0.3) is 0 Å². The molecule has 0 bridgehead atoms. The summed E-state index contributed by atoms with van der Waals surface area (Å²) in [5, 5.41) is 18.0. The Morgan fingerprint density at radius 1 is 1.42 bits per heavy atom. The van der Waals surface area contributed by atoms with Crippen LogP contribution >= 0.6 is 0 Å². The number of rotatable bonds is 6. The smallest absolute Gasteiger partial charge is 0.269 e. The van der Waals surface area contributed by atoms with Crippen molar-refractivity contribution in [3.63, 3.8) is 0 Å². The van der Waals surface area contributed by atoms with Crippen molar-refractivity contribution in [2.75, 3.05) is 24.5 Å². The first-order valence-corrected chi connectivity index (χ1v) is 8.91. The monoisotopic (exact) mass is 358 g/mol. The van der Waals surface area contributed by atoms with E-state index in [9.17, 15) is 9.90 Å². The Morgan fingerprint density at radius 3 is 2.92 bits per heavy atom. The van der Waals surface area contributed by atoms with Gasteiger partial charge in [-0.2, -0.15) is 5.10 Å². The summed E-state index contributed by atoms with van der Waals surface area (Å²) in [5.74, 6) is 0.994. The standard InChI is InChI=1S/C18H26N6O2/c1-13(2)8-14-9-15(23(3)22-14)17(25)21-11-18(26)4-7-24(12-18)16-10-19-5-6-20-16/h5-6,9-10,13,26H,4,7-8,11-12H2,1-3H3,(H,21,25). The molecule has 0 spiro atoms. The number of aromatic nitrogens is 4. The quantitative estimate of drug-likeness (QED) is 0.792. The van der Waals surface area contributed by atoms with Gasteiger partial charge in [0.25, 0.3) is 5.91 Å². The molecule has 1 unspecified atom stereocenters. The van der Waals surface area contributed by atoms with E-state index in [0.717, 1.165) is 17.9 Å². The van der Waals surface area contributed by atoms with Crippen LogP contribution in [0.5, 0.6) is 0 Å². The van der Waals surface area contributed by atoms with Gasteiger partial charge in [0.05, 0.1) is 11.9 Å². The fraction of sp³-hybridized carbons (Fsp3) is 0.556. The van der Waals surface area contributed by atoms with Crippen LogP contribution in [0.2, 0.25) is 0 Å². The molecule has 8 nitrogen and oxygen atoms in total. The van der Waals surface area contributed by atoms with Crippen LogP contribution in [0, 0.1) is 5.92 Å². The van der Waals surface area contributed by atoms with Gasteiger partial charge < -0.3 is 15.3 Å². The molecule has 1 atom stereocenters. The molecule has 2 aromatic heterocycles. The molecule has 2 N–H and O–H groups in total. The van der Waals surface area contributed by atoms with Gasteiger partial charge in [-0.25, -0.2) is 4.98 Å². The van der Waals surface area contributed by atoms with Crippen LogP contribution in [-0.4, -0.2) is 56.0 Å². The molecule has 3 rings (SSSR count).